The first-order valence-corrected chi connectivity index (χ1v) is 11.5. The van der Waals surface area contributed by atoms with Gasteiger partial charge < -0.3 is 20.3 Å². The molecular weight excluding hydrogens is 438 g/mol. The maximum atomic E-state index is 12.7. The van der Waals surface area contributed by atoms with Gasteiger partial charge in [0.05, 0.1) is 23.4 Å². The molecule has 1 saturated heterocycles. The Morgan fingerprint density at radius 3 is 2.80 bits per heavy atom. The minimum Gasteiger partial charge on any atom is -0.383 e. The number of methoxy groups -OCH3 is 1. The first kappa shape index (κ1) is 24.0. The van der Waals surface area contributed by atoms with Crippen molar-refractivity contribution in [3.63, 3.8) is 0 Å². The number of fused-ring (bicyclic) bond motifs is 1. The van der Waals surface area contributed by atoms with Crippen LogP contribution in [0.3, 0.4) is 0 Å². The zero-order valence-electron chi connectivity index (χ0n) is 19.7. The molecule has 2 N–H and O–H groups in total. The Hall–Kier alpha value is -4.17. The molecule has 176 valence electrons. The van der Waals surface area contributed by atoms with Gasteiger partial charge in [0.1, 0.15) is 6.07 Å². The highest BCUT2D eigenvalue weighted by atomic mass is 16.5. The number of hydrogen-bond donors (Lipinski definition) is 2. The van der Waals surface area contributed by atoms with Gasteiger partial charge in [0, 0.05) is 61.3 Å². The lowest BCUT2D eigenvalue weighted by molar-refractivity contribution is -0.112. The standard InChI is InChI=1S/C28H27N5O2/c1-3-20-5-4-6-23(15-20)32-28-22(18-29)19-30-26-8-7-24(17-25(26)28)31-27(34)16-21-9-11-33(12-10-21)13-14-35-2/h1,4-8,15-17,19H,9-14H2,2H3,(H,30,32)(H,31,34). The highest BCUT2D eigenvalue weighted by Gasteiger charge is 2.15. The van der Waals surface area contributed by atoms with Gasteiger partial charge in [0.15, 0.2) is 0 Å². The van der Waals surface area contributed by atoms with Crippen molar-refractivity contribution in [2.45, 2.75) is 12.8 Å². The Labute approximate surface area is 205 Å². The fraction of sp³-hybridized carbons (Fsp3) is 0.250. The minimum absolute atomic E-state index is 0.162. The van der Waals surface area contributed by atoms with Crippen molar-refractivity contribution in [3.05, 3.63) is 71.4 Å². The van der Waals surface area contributed by atoms with Gasteiger partial charge >= 0.3 is 0 Å². The van der Waals surface area contributed by atoms with E-state index in [9.17, 15) is 10.1 Å². The van der Waals surface area contributed by atoms with Crippen molar-refractivity contribution in [2.75, 3.05) is 44.0 Å². The van der Waals surface area contributed by atoms with E-state index in [4.69, 9.17) is 11.2 Å². The monoisotopic (exact) mass is 465 g/mol. The van der Waals surface area contributed by atoms with Gasteiger partial charge in [-0.05, 0) is 49.2 Å². The van der Waals surface area contributed by atoms with Gasteiger partial charge in [-0.25, -0.2) is 0 Å². The third-order valence-electron chi connectivity index (χ3n) is 6.00. The average molecular weight is 466 g/mol. The normalized spacial score (nSPS) is 13.6. The predicted octanol–water partition coefficient (Wildman–Crippen LogP) is 4.44. The molecule has 2 heterocycles. The molecule has 0 aliphatic carbocycles. The smallest absolute Gasteiger partial charge is 0.248 e. The summed E-state index contributed by atoms with van der Waals surface area (Å²) in [6.07, 6.45) is 10.5. The fourth-order valence-corrected chi connectivity index (χ4v) is 4.11. The van der Waals surface area contributed by atoms with Gasteiger partial charge in [0.2, 0.25) is 5.91 Å². The number of likely N-dealkylation sites (tertiary alicyclic amines) is 1. The topological polar surface area (TPSA) is 90.3 Å². The number of nitrogens with zero attached hydrogens (tertiary/aromatic N) is 3. The van der Waals surface area contributed by atoms with E-state index in [0.717, 1.165) is 61.3 Å². The number of terminal acetylenes is 1. The third kappa shape index (κ3) is 6.04. The van der Waals surface area contributed by atoms with Gasteiger partial charge in [-0.1, -0.05) is 17.6 Å². The van der Waals surface area contributed by atoms with Crippen molar-refractivity contribution in [1.82, 2.24) is 9.88 Å². The van der Waals surface area contributed by atoms with Crippen LogP contribution in [0.4, 0.5) is 17.1 Å². The summed E-state index contributed by atoms with van der Waals surface area (Å²) in [5.41, 5.74) is 4.99. The van der Waals surface area contributed by atoms with Crippen LogP contribution in [-0.4, -0.2) is 49.1 Å². The van der Waals surface area contributed by atoms with Gasteiger partial charge in [-0.2, -0.15) is 5.26 Å². The molecule has 1 aliphatic rings. The van der Waals surface area contributed by atoms with Crippen molar-refractivity contribution in [2.24, 2.45) is 0 Å². The maximum absolute atomic E-state index is 12.7. The number of pyridine rings is 1. The number of hydrogen-bond acceptors (Lipinski definition) is 6. The van der Waals surface area contributed by atoms with Crippen molar-refractivity contribution in [3.8, 4) is 18.4 Å². The molecule has 1 aromatic heterocycles. The molecule has 0 atom stereocenters. The summed E-state index contributed by atoms with van der Waals surface area (Å²) in [7, 11) is 1.71. The molecule has 2 aromatic carbocycles. The fourth-order valence-electron chi connectivity index (χ4n) is 4.11. The van der Waals surface area contributed by atoms with E-state index in [1.807, 2.05) is 42.5 Å². The Kier molecular flexibility index (Phi) is 7.74. The summed E-state index contributed by atoms with van der Waals surface area (Å²) in [6, 6.07) is 15.1. The van der Waals surface area contributed by atoms with Crippen molar-refractivity contribution < 1.29 is 9.53 Å². The zero-order chi connectivity index (χ0) is 24.6. The largest absolute Gasteiger partial charge is 0.383 e. The molecule has 1 amide bonds. The van der Waals surface area contributed by atoms with E-state index in [0.29, 0.717) is 22.5 Å². The average Bonchev–Trinajstić information content (AvgIpc) is 2.88. The molecule has 3 aromatic rings. The van der Waals surface area contributed by atoms with Crippen LogP contribution in [0.15, 0.2) is 60.3 Å². The molecule has 4 rings (SSSR count). The molecule has 35 heavy (non-hydrogen) atoms. The lowest BCUT2D eigenvalue weighted by atomic mass is 10.0. The molecule has 0 bridgehead atoms. The lowest BCUT2D eigenvalue weighted by Gasteiger charge is -2.27. The minimum atomic E-state index is -0.162. The van der Waals surface area contributed by atoms with Crippen LogP contribution in [0.2, 0.25) is 0 Å². The highest BCUT2D eigenvalue weighted by Crippen LogP contribution is 2.31. The van der Waals surface area contributed by atoms with Gasteiger partial charge in [-0.3, -0.25) is 9.78 Å². The molecule has 0 saturated carbocycles. The Bertz CT molecular complexity index is 1340. The van der Waals surface area contributed by atoms with Crippen molar-refractivity contribution in [1.29, 1.82) is 5.26 Å². The number of aromatic nitrogens is 1. The quantitative estimate of drug-likeness (QED) is 0.396. The Morgan fingerprint density at radius 1 is 1.23 bits per heavy atom. The van der Waals surface area contributed by atoms with Crippen molar-refractivity contribution >= 4 is 33.9 Å². The van der Waals surface area contributed by atoms with E-state index in [1.54, 1.807) is 13.2 Å². The molecule has 0 spiro atoms. The van der Waals surface area contributed by atoms with Crippen LogP contribution in [0.1, 0.15) is 24.0 Å². The van der Waals surface area contributed by atoms with Crippen LogP contribution >= 0.6 is 0 Å². The van der Waals surface area contributed by atoms with E-state index < -0.39 is 0 Å². The second kappa shape index (κ2) is 11.3. The summed E-state index contributed by atoms with van der Waals surface area (Å²) in [5.74, 6) is 2.45. The van der Waals surface area contributed by atoms with E-state index in [-0.39, 0.29) is 5.91 Å². The summed E-state index contributed by atoms with van der Waals surface area (Å²) in [6.45, 7) is 3.49. The molecule has 0 radical (unpaired) electrons. The molecular formula is C28H27N5O2. The van der Waals surface area contributed by atoms with Crippen LogP contribution in [0, 0.1) is 23.7 Å². The predicted molar refractivity (Wildman–Crippen MR) is 138 cm³/mol. The van der Waals surface area contributed by atoms with Crippen LogP contribution < -0.4 is 10.6 Å². The molecule has 1 fully saturated rings. The van der Waals surface area contributed by atoms with Crippen LogP contribution in [-0.2, 0) is 9.53 Å². The number of carbonyl (C=O) groups excluding carboxylic acids is 1. The number of nitriles is 1. The summed E-state index contributed by atoms with van der Waals surface area (Å²) >= 11 is 0. The molecule has 0 unspecified atom stereocenters. The second-order valence-corrected chi connectivity index (χ2v) is 8.37. The van der Waals surface area contributed by atoms with Gasteiger partial charge in [0.25, 0.3) is 0 Å². The van der Waals surface area contributed by atoms with E-state index >= 15 is 0 Å². The first-order valence-electron chi connectivity index (χ1n) is 11.5. The second-order valence-electron chi connectivity index (χ2n) is 8.37. The first-order chi connectivity index (χ1) is 17.1. The summed E-state index contributed by atoms with van der Waals surface area (Å²) < 4.78 is 5.14. The summed E-state index contributed by atoms with van der Waals surface area (Å²) in [5, 5.41) is 16.7. The SMILES string of the molecule is C#Cc1cccc(Nc2c(C#N)cnc3ccc(NC(=O)C=C4CCN(CCOC)CC4)cc23)c1. The highest BCUT2D eigenvalue weighted by molar-refractivity contribution is 6.03. The number of amides is 1. The number of nitrogens with one attached hydrogen (secondary N) is 2. The number of piperidine rings is 1. The van der Waals surface area contributed by atoms with E-state index in [2.05, 4.69) is 32.5 Å². The molecule has 7 heteroatoms. The maximum Gasteiger partial charge on any atom is 0.248 e. The van der Waals surface area contributed by atoms with Gasteiger partial charge in [-0.15, -0.1) is 6.42 Å². The lowest BCUT2D eigenvalue weighted by Crippen LogP contribution is -2.33. The number of benzene rings is 2. The number of ether oxygens (including phenoxy) is 1. The Balaban J connectivity index is 1.54. The van der Waals surface area contributed by atoms with Crippen LogP contribution in [0.25, 0.3) is 10.9 Å². The molecule has 1 aliphatic heterocycles. The van der Waals surface area contributed by atoms with E-state index in [1.165, 1.54) is 6.20 Å². The third-order valence-corrected chi connectivity index (χ3v) is 6.00. The van der Waals surface area contributed by atoms with Crippen LogP contribution in [0.5, 0.6) is 0 Å². The number of carbonyl (C=O) groups is 1. The number of anilines is 3. The summed E-state index contributed by atoms with van der Waals surface area (Å²) in [4.78, 5) is 19.5. The Morgan fingerprint density at radius 2 is 2.06 bits per heavy atom. The molecule has 7 nitrogen and oxygen atoms in total. The number of rotatable bonds is 7. The zero-order valence-corrected chi connectivity index (χ0v) is 19.7.